The number of anilines is 1. The molecule has 0 unspecified atom stereocenters. The van der Waals surface area contributed by atoms with Crippen molar-refractivity contribution < 1.29 is 9.53 Å². The number of hydrogen-bond donors (Lipinski definition) is 4. The van der Waals surface area contributed by atoms with Crippen LogP contribution in [-0.2, 0) is 4.74 Å². The summed E-state index contributed by atoms with van der Waals surface area (Å²) in [6.07, 6.45) is 7.30. The number of hydrogen-bond acceptors (Lipinski definition) is 6. The second kappa shape index (κ2) is 9.02. The van der Waals surface area contributed by atoms with Gasteiger partial charge in [0.15, 0.2) is 0 Å². The summed E-state index contributed by atoms with van der Waals surface area (Å²) in [6, 6.07) is 3.96. The number of ether oxygens (including phenoxy) is 1. The van der Waals surface area contributed by atoms with E-state index < -0.39 is 5.60 Å². The van der Waals surface area contributed by atoms with Crippen LogP contribution in [0.3, 0.4) is 0 Å². The Morgan fingerprint density at radius 3 is 2.87 bits per heavy atom. The lowest BCUT2D eigenvalue weighted by molar-refractivity contribution is 0.0270. The lowest BCUT2D eigenvalue weighted by atomic mass is 10.0. The number of carbonyl (C=O) groups is 1. The molecule has 3 rings (SSSR count). The van der Waals surface area contributed by atoms with Gasteiger partial charge >= 0.3 is 6.09 Å². The summed E-state index contributed by atoms with van der Waals surface area (Å²) >= 11 is 0. The third-order valence-corrected chi connectivity index (χ3v) is 4.63. The molecule has 2 aromatic heterocycles. The van der Waals surface area contributed by atoms with Gasteiger partial charge in [0.1, 0.15) is 11.2 Å². The van der Waals surface area contributed by atoms with E-state index >= 15 is 0 Å². The highest BCUT2D eigenvalue weighted by Crippen LogP contribution is 2.29. The molecule has 0 saturated heterocycles. The number of carbonyl (C=O) groups excluding carboxylic acids is 1. The number of nitrogens with zero attached hydrogens (tertiary/aromatic N) is 2. The highest BCUT2D eigenvalue weighted by Gasteiger charge is 2.24. The molecule has 0 bridgehead atoms. The maximum atomic E-state index is 12.3. The molecule has 0 atom stereocenters. The van der Waals surface area contributed by atoms with Gasteiger partial charge in [-0.3, -0.25) is 0 Å². The molecule has 160 valence electrons. The quantitative estimate of drug-likeness (QED) is 0.537. The maximum absolute atomic E-state index is 12.3. The van der Waals surface area contributed by atoms with Gasteiger partial charge in [-0.15, -0.1) is 0 Å². The number of fused-ring (bicyclic) bond motifs is 1. The van der Waals surface area contributed by atoms with Crippen LogP contribution in [0.5, 0.6) is 0 Å². The summed E-state index contributed by atoms with van der Waals surface area (Å²) in [7, 11) is 0. The van der Waals surface area contributed by atoms with Crippen molar-refractivity contribution in [3.05, 3.63) is 42.0 Å². The zero-order valence-corrected chi connectivity index (χ0v) is 18.0. The Morgan fingerprint density at radius 2 is 2.23 bits per heavy atom. The van der Waals surface area contributed by atoms with Gasteiger partial charge in [0.05, 0.1) is 11.4 Å². The normalized spacial score (nSPS) is 15.0. The number of pyridine rings is 1. The van der Waals surface area contributed by atoms with Gasteiger partial charge in [0.25, 0.3) is 0 Å². The lowest BCUT2D eigenvalue weighted by Crippen LogP contribution is -2.39. The predicted molar refractivity (Wildman–Crippen MR) is 121 cm³/mol. The van der Waals surface area contributed by atoms with E-state index in [1.165, 1.54) is 6.21 Å². The number of aromatic nitrogens is 2. The van der Waals surface area contributed by atoms with E-state index in [9.17, 15) is 4.79 Å². The zero-order valence-electron chi connectivity index (χ0n) is 18.0. The first-order chi connectivity index (χ1) is 14.3. The minimum atomic E-state index is -0.496. The maximum Gasteiger partial charge on any atom is 0.410 e. The van der Waals surface area contributed by atoms with Gasteiger partial charge in [-0.25, -0.2) is 9.78 Å². The average molecular weight is 411 g/mol. The lowest BCUT2D eigenvalue weighted by Gasteiger charge is -2.29. The summed E-state index contributed by atoms with van der Waals surface area (Å²) in [4.78, 5) is 21.8. The number of H-pyrrole nitrogens is 1. The van der Waals surface area contributed by atoms with Crippen molar-refractivity contribution in [2.75, 3.05) is 25.0 Å². The van der Waals surface area contributed by atoms with Crippen molar-refractivity contribution >= 4 is 34.6 Å². The minimum Gasteiger partial charge on any atom is -0.444 e. The highest BCUT2D eigenvalue weighted by atomic mass is 16.6. The smallest absolute Gasteiger partial charge is 0.410 e. The monoisotopic (exact) mass is 410 g/mol. The molecule has 0 aliphatic carbocycles. The number of allylic oxidation sites excluding steroid dienone is 1. The molecule has 4 N–H and O–H groups in total. The van der Waals surface area contributed by atoms with E-state index in [1.54, 1.807) is 17.3 Å². The van der Waals surface area contributed by atoms with E-state index in [0.29, 0.717) is 18.8 Å². The Morgan fingerprint density at radius 1 is 1.43 bits per heavy atom. The molecule has 30 heavy (non-hydrogen) atoms. The fourth-order valence-electron chi connectivity index (χ4n) is 3.20. The first-order valence-electron chi connectivity index (χ1n) is 10.2. The Labute approximate surface area is 176 Å². The first kappa shape index (κ1) is 21.4. The van der Waals surface area contributed by atoms with Crippen LogP contribution >= 0.6 is 0 Å². The number of amides is 1. The third-order valence-electron chi connectivity index (χ3n) is 4.63. The van der Waals surface area contributed by atoms with Gasteiger partial charge in [0.2, 0.25) is 0 Å². The van der Waals surface area contributed by atoms with Crippen molar-refractivity contribution in [2.24, 2.45) is 0 Å². The molecule has 0 radical (unpaired) electrons. The van der Waals surface area contributed by atoms with Gasteiger partial charge < -0.3 is 30.7 Å². The van der Waals surface area contributed by atoms with Gasteiger partial charge in [-0.05, 0) is 51.8 Å². The molecule has 8 nitrogen and oxygen atoms in total. The van der Waals surface area contributed by atoms with E-state index in [-0.39, 0.29) is 6.09 Å². The number of nitrogens with one attached hydrogen (secondary N) is 4. The summed E-state index contributed by atoms with van der Waals surface area (Å²) < 4.78 is 5.46. The Hall–Kier alpha value is -3.29. The Balaban J connectivity index is 1.78. The second-order valence-electron chi connectivity index (χ2n) is 8.14. The van der Waals surface area contributed by atoms with Crippen LogP contribution < -0.4 is 10.6 Å². The van der Waals surface area contributed by atoms with Crippen LogP contribution in [0.2, 0.25) is 0 Å². The summed E-state index contributed by atoms with van der Waals surface area (Å²) in [5.41, 5.74) is 3.96. The van der Waals surface area contributed by atoms with Crippen LogP contribution in [0.4, 0.5) is 10.5 Å². The third kappa shape index (κ3) is 5.20. The van der Waals surface area contributed by atoms with Crippen LogP contribution in [0, 0.1) is 5.41 Å². The molecule has 1 amide bonds. The van der Waals surface area contributed by atoms with E-state index in [2.05, 4.69) is 32.7 Å². The van der Waals surface area contributed by atoms with E-state index in [4.69, 9.17) is 10.1 Å². The molecule has 2 aromatic rings. The Bertz CT molecular complexity index is 983. The second-order valence-corrected chi connectivity index (χ2v) is 8.14. The molecule has 0 aromatic carbocycles. The highest BCUT2D eigenvalue weighted by molar-refractivity contribution is 5.95. The van der Waals surface area contributed by atoms with Crippen molar-refractivity contribution in [3.63, 3.8) is 0 Å². The summed E-state index contributed by atoms with van der Waals surface area (Å²) in [5.74, 6) is 0. The number of rotatable bonds is 6. The largest absolute Gasteiger partial charge is 0.444 e. The molecule has 0 fully saturated rings. The molecule has 3 heterocycles. The SMILES string of the molecule is CCN/C=C(\C=N)Nc1ccnc2[nH]c(C3=CCN(C(=O)OC(C)(C)C)CC3)cc12. The van der Waals surface area contributed by atoms with Crippen molar-refractivity contribution in [1.29, 1.82) is 5.41 Å². The number of aromatic amines is 1. The van der Waals surface area contributed by atoms with E-state index in [1.807, 2.05) is 33.8 Å². The fraction of sp³-hybridized carbons (Fsp3) is 0.409. The van der Waals surface area contributed by atoms with Crippen molar-refractivity contribution in [1.82, 2.24) is 20.2 Å². The minimum absolute atomic E-state index is 0.283. The van der Waals surface area contributed by atoms with Gasteiger partial charge in [0, 0.05) is 49.3 Å². The van der Waals surface area contributed by atoms with Crippen molar-refractivity contribution in [3.8, 4) is 0 Å². The molecule has 0 saturated carbocycles. The van der Waals surface area contributed by atoms with Gasteiger partial charge in [-0.2, -0.15) is 0 Å². The average Bonchev–Trinajstić information content (AvgIpc) is 3.15. The molecule has 1 aliphatic heterocycles. The predicted octanol–water partition coefficient (Wildman–Crippen LogP) is 4.10. The molecular formula is C22H30N6O2. The van der Waals surface area contributed by atoms with Crippen LogP contribution in [0.15, 0.2) is 36.3 Å². The zero-order chi connectivity index (χ0) is 21.7. The van der Waals surface area contributed by atoms with Crippen molar-refractivity contribution in [2.45, 2.75) is 39.7 Å². The summed E-state index contributed by atoms with van der Waals surface area (Å²) in [6.45, 7) is 9.53. The molecular weight excluding hydrogens is 380 g/mol. The standard InChI is InChI=1S/C22H30N6O2/c1-5-24-14-16(13-23)26-18-6-9-25-20-17(18)12-19(27-20)15-7-10-28(11-8-15)21(29)30-22(2,3)4/h6-7,9,12-14,23-24H,5,8,10-11H2,1-4H3,(H2,25,26,27)/b16-14+,23-13?. The fourth-order valence-corrected chi connectivity index (χ4v) is 3.20. The van der Waals surface area contributed by atoms with Gasteiger partial charge in [-0.1, -0.05) is 6.08 Å². The van der Waals surface area contributed by atoms with Crippen LogP contribution in [0.1, 0.15) is 39.8 Å². The van der Waals surface area contributed by atoms with Crippen LogP contribution in [0.25, 0.3) is 16.6 Å². The molecule has 8 heteroatoms. The van der Waals surface area contributed by atoms with Crippen LogP contribution in [-0.4, -0.2) is 52.4 Å². The molecule has 0 spiro atoms. The molecule has 1 aliphatic rings. The van der Waals surface area contributed by atoms with E-state index in [0.717, 1.165) is 41.0 Å². The summed E-state index contributed by atoms with van der Waals surface area (Å²) in [5, 5.41) is 14.9. The Kier molecular flexibility index (Phi) is 6.44. The topological polar surface area (TPSA) is 106 Å². The first-order valence-corrected chi connectivity index (χ1v) is 10.2.